The van der Waals surface area contributed by atoms with Gasteiger partial charge in [-0.3, -0.25) is 9.59 Å². The third-order valence-electron chi connectivity index (χ3n) is 3.72. The quantitative estimate of drug-likeness (QED) is 0.750. The minimum Gasteiger partial charge on any atom is -0.481 e. The maximum atomic E-state index is 12.0. The molecule has 2 heterocycles. The second-order valence-corrected chi connectivity index (χ2v) is 4.73. The van der Waals surface area contributed by atoms with Crippen LogP contribution in [0.1, 0.15) is 32.1 Å². The van der Waals surface area contributed by atoms with Gasteiger partial charge in [-0.2, -0.15) is 0 Å². The Kier molecular flexibility index (Phi) is 2.78. The van der Waals surface area contributed by atoms with Crippen molar-refractivity contribution in [2.45, 2.75) is 32.1 Å². The highest BCUT2D eigenvalue weighted by atomic mass is 16.4. The van der Waals surface area contributed by atoms with Crippen molar-refractivity contribution in [2.24, 2.45) is 5.41 Å². The largest absolute Gasteiger partial charge is 0.481 e. The highest BCUT2D eigenvalue weighted by molar-refractivity contribution is 5.88. The molecule has 4 heteroatoms. The normalized spacial score (nSPS) is 34.0. The molecule has 2 unspecified atom stereocenters. The number of carbonyl (C=O) groups excluding carboxylic acids is 1. The molecule has 4 nitrogen and oxygen atoms in total. The summed E-state index contributed by atoms with van der Waals surface area (Å²) in [6.07, 6.45) is 3.18. The van der Waals surface area contributed by atoms with E-state index in [0.29, 0.717) is 0 Å². The van der Waals surface area contributed by atoms with E-state index < -0.39 is 5.97 Å². The van der Waals surface area contributed by atoms with Crippen LogP contribution in [0.2, 0.25) is 0 Å². The van der Waals surface area contributed by atoms with Crippen molar-refractivity contribution in [3.05, 3.63) is 0 Å². The molecule has 0 aromatic carbocycles. The number of fused-ring (bicyclic) bond motifs is 2. The lowest BCUT2D eigenvalue weighted by atomic mass is 9.76. The van der Waals surface area contributed by atoms with Crippen LogP contribution in [0.4, 0.5) is 0 Å². The number of carboxylic acids is 1. The van der Waals surface area contributed by atoms with Crippen LogP contribution in [0.3, 0.4) is 0 Å². The van der Waals surface area contributed by atoms with E-state index in [2.05, 4.69) is 4.90 Å². The molecule has 2 fully saturated rings. The zero-order valence-corrected chi connectivity index (χ0v) is 8.87. The molecular formula is C11H17NO3. The lowest BCUT2D eigenvalue weighted by Gasteiger charge is -2.32. The predicted octanol–water partition coefficient (Wildman–Crippen LogP) is 0.906. The fraction of sp³-hybridized carbons (Fsp3) is 0.818. The molecule has 2 rings (SSSR count). The topological polar surface area (TPSA) is 57.6 Å². The predicted molar refractivity (Wildman–Crippen MR) is 54.6 cm³/mol. The molecule has 2 saturated heterocycles. The van der Waals surface area contributed by atoms with E-state index in [1.165, 1.54) is 0 Å². The monoisotopic (exact) mass is 211 g/mol. The van der Waals surface area contributed by atoms with Crippen molar-refractivity contribution >= 4 is 11.8 Å². The van der Waals surface area contributed by atoms with Gasteiger partial charge in [-0.15, -0.1) is 0 Å². The molecule has 15 heavy (non-hydrogen) atoms. The van der Waals surface area contributed by atoms with Gasteiger partial charge < -0.3 is 10.0 Å². The van der Waals surface area contributed by atoms with Crippen molar-refractivity contribution in [3.8, 4) is 0 Å². The summed E-state index contributed by atoms with van der Waals surface area (Å²) in [5, 5.41) is 8.57. The molecule has 2 bridgehead atoms. The minimum absolute atomic E-state index is 0.0133. The molecule has 0 radical (unpaired) electrons. The van der Waals surface area contributed by atoms with Crippen LogP contribution in [0.5, 0.6) is 0 Å². The lowest BCUT2D eigenvalue weighted by Crippen LogP contribution is -2.39. The van der Waals surface area contributed by atoms with Crippen LogP contribution in [-0.4, -0.2) is 41.4 Å². The van der Waals surface area contributed by atoms with Crippen LogP contribution < -0.4 is 0 Å². The summed E-state index contributed by atoms with van der Waals surface area (Å²) < 4.78 is 0. The van der Waals surface area contributed by atoms with Crippen LogP contribution in [0.25, 0.3) is 0 Å². The molecule has 0 saturated carbocycles. The first kappa shape index (κ1) is 10.6. The third kappa shape index (κ3) is 2.04. The van der Waals surface area contributed by atoms with Gasteiger partial charge in [0.05, 0.1) is 6.42 Å². The Balaban J connectivity index is 1.96. The van der Waals surface area contributed by atoms with E-state index in [0.717, 1.165) is 38.9 Å². The Morgan fingerprint density at radius 2 is 2.00 bits per heavy atom. The van der Waals surface area contributed by atoms with E-state index in [1.54, 1.807) is 0 Å². The van der Waals surface area contributed by atoms with Gasteiger partial charge in [-0.05, 0) is 32.4 Å². The number of rotatable bonds is 4. The molecule has 0 spiro atoms. The Morgan fingerprint density at radius 1 is 1.20 bits per heavy atom. The molecule has 84 valence electrons. The number of hydrogen-bond acceptors (Lipinski definition) is 3. The molecular weight excluding hydrogens is 194 g/mol. The van der Waals surface area contributed by atoms with Gasteiger partial charge in [0.25, 0.3) is 0 Å². The average Bonchev–Trinajstić information content (AvgIpc) is 2.52. The zero-order valence-electron chi connectivity index (χ0n) is 8.87. The molecule has 2 atom stereocenters. The number of ketones is 1. The minimum atomic E-state index is -0.870. The van der Waals surface area contributed by atoms with E-state index in [4.69, 9.17) is 5.11 Å². The molecule has 0 aromatic heterocycles. The molecule has 0 aliphatic carbocycles. The van der Waals surface area contributed by atoms with Crippen LogP contribution in [-0.2, 0) is 9.59 Å². The smallest absolute Gasteiger partial charge is 0.303 e. The maximum absolute atomic E-state index is 12.0. The summed E-state index contributed by atoms with van der Waals surface area (Å²) in [5.41, 5.74) is -0.187. The Hall–Kier alpha value is -0.900. The summed E-state index contributed by atoms with van der Waals surface area (Å²) in [5.74, 6) is -0.697. The number of piperidine rings is 1. The summed E-state index contributed by atoms with van der Waals surface area (Å²) in [6, 6.07) is 0. The highest BCUT2D eigenvalue weighted by Crippen LogP contribution is 2.40. The molecule has 0 amide bonds. The van der Waals surface area contributed by atoms with E-state index in [-0.39, 0.29) is 24.0 Å². The van der Waals surface area contributed by atoms with Gasteiger partial charge >= 0.3 is 5.97 Å². The number of carbonyl (C=O) groups is 2. The first-order valence-corrected chi connectivity index (χ1v) is 5.60. The standard InChI is InChI=1S/C11H17NO3/c13-9(2-3-10(14)15)11-4-1-6-12(8-11)7-5-11/h1-8H2,(H,14,15). The van der Waals surface area contributed by atoms with Crippen molar-refractivity contribution in [1.82, 2.24) is 4.90 Å². The zero-order chi connectivity index (χ0) is 10.9. The third-order valence-corrected chi connectivity index (χ3v) is 3.72. The van der Waals surface area contributed by atoms with Crippen molar-refractivity contribution < 1.29 is 14.7 Å². The summed E-state index contributed by atoms with van der Waals surface area (Å²) in [7, 11) is 0. The average molecular weight is 211 g/mol. The summed E-state index contributed by atoms with van der Waals surface area (Å²) in [4.78, 5) is 24.7. The first-order chi connectivity index (χ1) is 7.12. The van der Waals surface area contributed by atoms with Crippen LogP contribution in [0.15, 0.2) is 0 Å². The fourth-order valence-corrected chi connectivity index (χ4v) is 2.85. The summed E-state index contributed by atoms with van der Waals surface area (Å²) in [6.45, 7) is 2.98. The number of hydrogen-bond donors (Lipinski definition) is 1. The molecule has 1 N–H and O–H groups in total. The second-order valence-electron chi connectivity index (χ2n) is 4.73. The SMILES string of the molecule is O=C(O)CCC(=O)C12CCCN(CC1)C2. The molecule has 2 aliphatic rings. The van der Waals surface area contributed by atoms with Crippen LogP contribution >= 0.6 is 0 Å². The van der Waals surface area contributed by atoms with Gasteiger partial charge in [0.1, 0.15) is 5.78 Å². The second kappa shape index (κ2) is 3.93. The molecule has 2 aliphatic heterocycles. The van der Waals surface area contributed by atoms with Crippen molar-refractivity contribution in [1.29, 1.82) is 0 Å². The van der Waals surface area contributed by atoms with Crippen LogP contribution in [0, 0.1) is 5.41 Å². The van der Waals surface area contributed by atoms with Crippen molar-refractivity contribution in [2.75, 3.05) is 19.6 Å². The number of carboxylic acid groups (broad SMARTS) is 1. The van der Waals surface area contributed by atoms with E-state index >= 15 is 0 Å². The lowest BCUT2D eigenvalue weighted by molar-refractivity contribution is -0.140. The Bertz CT molecular complexity index is 286. The number of nitrogens with zero attached hydrogens (tertiary/aromatic N) is 1. The first-order valence-electron chi connectivity index (χ1n) is 5.60. The van der Waals surface area contributed by atoms with Crippen molar-refractivity contribution in [3.63, 3.8) is 0 Å². The fourth-order valence-electron chi connectivity index (χ4n) is 2.85. The van der Waals surface area contributed by atoms with E-state index in [9.17, 15) is 9.59 Å². The van der Waals surface area contributed by atoms with Gasteiger partial charge in [-0.1, -0.05) is 0 Å². The maximum Gasteiger partial charge on any atom is 0.303 e. The number of Topliss-reactive ketones (excluding diaryl/α,β-unsaturated/α-hetero) is 1. The Morgan fingerprint density at radius 3 is 2.73 bits per heavy atom. The van der Waals surface area contributed by atoms with E-state index in [1.807, 2.05) is 0 Å². The molecule has 0 aromatic rings. The van der Waals surface area contributed by atoms with Gasteiger partial charge in [0, 0.05) is 18.4 Å². The summed E-state index contributed by atoms with van der Waals surface area (Å²) >= 11 is 0. The van der Waals surface area contributed by atoms with Gasteiger partial charge in [0.15, 0.2) is 0 Å². The highest BCUT2D eigenvalue weighted by Gasteiger charge is 2.45. The van der Waals surface area contributed by atoms with Gasteiger partial charge in [-0.25, -0.2) is 0 Å². The Labute approximate surface area is 89.3 Å². The number of aliphatic carboxylic acids is 1. The van der Waals surface area contributed by atoms with Gasteiger partial charge in [0.2, 0.25) is 0 Å².